The molecule has 20 heavy (non-hydrogen) atoms. The molecule has 1 atom stereocenters. The molecule has 0 aliphatic heterocycles. The minimum Gasteiger partial charge on any atom is -0.481 e. The van der Waals surface area contributed by atoms with Crippen LogP contribution in [0.2, 0.25) is 0 Å². The van der Waals surface area contributed by atoms with Gasteiger partial charge in [-0.3, -0.25) is 9.59 Å². The van der Waals surface area contributed by atoms with E-state index in [1.54, 1.807) is 12.1 Å². The summed E-state index contributed by atoms with van der Waals surface area (Å²) in [6.07, 6.45) is -0.550. The van der Waals surface area contributed by atoms with E-state index in [0.717, 1.165) is 0 Å². The molecule has 0 aliphatic carbocycles. The van der Waals surface area contributed by atoms with Crippen molar-refractivity contribution in [3.8, 4) is 0 Å². The van der Waals surface area contributed by atoms with Gasteiger partial charge in [-0.2, -0.15) is 0 Å². The first-order valence-corrected chi connectivity index (χ1v) is 6.41. The number of rotatable bonds is 6. The molecule has 0 spiro atoms. The summed E-state index contributed by atoms with van der Waals surface area (Å²) in [7, 11) is 0. The van der Waals surface area contributed by atoms with Crippen molar-refractivity contribution in [2.45, 2.75) is 18.9 Å². The van der Waals surface area contributed by atoms with E-state index >= 15 is 0 Å². The SMILES string of the molecule is Nc1ccc(Br)c(C(=O)NC(CCC(=O)O)C(=O)O)c1. The zero-order chi connectivity index (χ0) is 15.3. The van der Waals surface area contributed by atoms with Gasteiger partial charge in [0, 0.05) is 16.6 Å². The highest BCUT2D eigenvalue weighted by Gasteiger charge is 2.22. The number of nitrogen functional groups attached to an aromatic ring is 1. The Morgan fingerprint density at radius 3 is 2.50 bits per heavy atom. The summed E-state index contributed by atoms with van der Waals surface area (Å²) in [5, 5.41) is 19.8. The summed E-state index contributed by atoms with van der Waals surface area (Å²) in [5.41, 5.74) is 6.10. The first-order valence-electron chi connectivity index (χ1n) is 5.61. The Morgan fingerprint density at radius 1 is 1.30 bits per heavy atom. The standard InChI is InChI=1S/C12H13BrN2O5/c13-8-2-1-6(14)5-7(8)11(18)15-9(12(19)20)3-4-10(16)17/h1-2,5,9H,3-4,14H2,(H,15,18)(H,16,17)(H,19,20). The molecule has 0 aromatic heterocycles. The van der Waals surface area contributed by atoms with Gasteiger partial charge in [-0.1, -0.05) is 0 Å². The van der Waals surface area contributed by atoms with Gasteiger partial charge in [0.15, 0.2) is 0 Å². The molecule has 1 unspecified atom stereocenters. The van der Waals surface area contributed by atoms with Gasteiger partial charge in [-0.25, -0.2) is 4.79 Å². The number of amides is 1. The largest absolute Gasteiger partial charge is 0.481 e. The van der Waals surface area contributed by atoms with Gasteiger partial charge in [0.2, 0.25) is 0 Å². The van der Waals surface area contributed by atoms with Crippen molar-refractivity contribution in [2.24, 2.45) is 0 Å². The Labute approximate surface area is 122 Å². The predicted molar refractivity (Wildman–Crippen MR) is 74.3 cm³/mol. The van der Waals surface area contributed by atoms with E-state index in [9.17, 15) is 14.4 Å². The van der Waals surface area contributed by atoms with E-state index in [2.05, 4.69) is 21.2 Å². The fraction of sp³-hybridized carbons (Fsp3) is 0.250. The van der Waals surface area contributed by atoms with Crippen LogP contribution in [0.4, 0.5) is 5.69 Å². The molecule has 0 aliphatic rings. The van der Waals surface area contributed by atoms with Crippen molar-refractivity contribution in [3.05, 3.63) is 28.2 Å². The average Bonchev–Trinajstić information content (AvgIpc) is 2.36. The molecule has 1 rings (SSSR count). The highest BCUT2D eigenvalue weighted by Crippen LogP contribution is 2.19. The fourth-order valence-electron chi connectivity index (χ4n) is 1.48. The third kappa shape index (κ3) is 4.54. The number of hydrogen-bond donors (Lipinski definition) is 4. The van der Waals surface area contributed by atoms with Gasteiger partial charge in [-0.05, 0) is 40.5 Å². The lowest BCUT2D eigenvalue weighted by molar-refractivity contribution is -0.140. The maximum atomic E-state index is 12.0. The summed E-state index contributed by atoms with van der Waals surface area (Å²) in [4.78, 5) is 33.4. The number of carboxylic acids is 2. The number of halogens is 1. The Kier molecular flexibility index (Phi) is 5.51. The molecule has 0 saturated carbocycles. The lowest BCUT2D eigenvalue weighted by Crippen LogP contribution is -2.41. The second kappa shape index (κ2) is 6.90. The predicted octanol–water partition coefficient (Wildman–Crippen LogP) is 1.08. The number of carbonyl (C=O) groups is 3. The molecular formula is C12H13BrN2O5. The molecule has 7 nitrogen and oxygen atoms in total. The van der Waals surface area contributed by atoms with Crippen LogP contribution in [0.15, 0.2) is 22.7 Å². The van der Waals surface area contributed by atoms with Crippen molar-refractivity contribution in [1.29, 1.82) is 0 Å². The molecule has 0 heterocycles. The topological polar surface area (TPSA) is 130 Å². The monoisotopic (exact) mass is 344 g/mol. The van der Waals surface area contributed by atoms with Crippen LogP contribution in [0.3, 0.4) is 0 Å². The first kappa shape index (κ1) is 16.0. The lowest BCUT2D eigenvalue weighted by Gasteiger charge is -2.14. The van der Waals surface area contributed by atoms with Crippen LogP contribution in [-0.4, -0.2) is 34.1 Å². The quantitative estimate of drug-likeness (QED) is 0.571. The minimum atomic E-state index is -1.29. The highest BCUT2D eigenvalue weighted by atomic mass is 79.9. The number of carboxylic acid groups (broad SMARTS) is 2. The third-order valence-electron chi connectivity index (χ3n) is 2.49. The number of hydrogen-bond acceptors (Lipinski definition) is 4. The van der Waals surface area contributed by atoms with E-state index in [1.165, 1.54) is 6.07 Å². The van der Waals surface area contributed by atoms with Gasteiger partial charge in [0.1, 0.15) is 6.04 Å². The van der Waals surface area contributed by atoms with E-state index in [0.29, 0.717) is 10.2 Å². The van der Waals surface area contributed by atoms with E-state index in [1.807, 2.05) is 0 Å². The Hall–Kier alpha value is -2.09. The van der Waals surface area contributed by atoms with Gasteiger partial charge < -0.3 is 21.3 Å². The summed E-state index contributed by atoms with van der Waals surface area (Å²) in [5.74, 6) is -3.06. The smallest absolute Gasteiger partial charge is 0.326 e. The van der Waals surface area contributed by atoms with E-state index in [4.69, 9.17) is 15.9 Å². The molecule has 1 amide bonds. The summed E-state index contributed by atoms with van der Waals surface area (Å²) in [6.45, 7) is 0. The average molecular weight is 345 g/mol. The molecule has 108 valence electrons. The summed E-state index contributed by atoms with van der Waals surface area (Å²) < 4.78 is 0.464. The highest BCUT2D eigenvalue weighted by molar-refractivity contribution is 9.10. The summed E-state index contributed by atoms with van der Waals surface area (Å²) >= 11 is 3.16. The second-order valence-corrected chi connectivity index (χ2v) is 4.89. The Balaban J connectivity index is 2.82. The summed E-state index contributed by atoms with van der Waals surface area (Å²) in [6, 6.07) is 3.28. The van der Waals surface area contributed by atoms with Gasteiger partial charge in [0.05, 0.1) is 5.56 Å². The third-order valence-corrected chi connectivity index (χ3v) is 3.18. The zero-order valence-electron chi connectivity index (χ0n) is 10.3. The van der Waals surface area contributed by atoms with E-state index < -0.39 is 23.9 Å². The van der Waals surface area contributed by atoms with Gasteiger partial charge in [0.25, 0.3) is 5.91 Å². The van der Waals surface area contributed by atoms with Crippen LogP contribution < -0.4 is 11.1 Å². The Bertz CT molecular complexity index is 547. The van der Waals surface area contributed by atoms with Crippen LogP contribution in [0.1, 0.15) is 23.2 Å². The number of anilines is 1. The maximum Gasteiger partial charge on any atom is 0.326 e. The molecule has 1 aromatic carbocycles. The van der Waals surface area contributed by atoms with Crippen LogP contribution in [-0.2, 0) is 9.59 Å². The van der Waals surface area contributed by atoms with Crippen molar-refractivity contribution in [1.82, 2.24) is 5.32 Å². The molecule has 8 heteroatoms. The van der Waals surface area contributed by atoms with Crippen LogP contribution in [0, 0.1) is 0 Å². The Morgan fingerprint density at radius 2 is 1.95 bits per heavy atom. The normalized spacial score (nSPS) is 11.7. The molecule has 0 bridgehead atoms. The van der Waals surface area contributed by atoms with Crippen molar-refractivity contribution in [3.63, 3.8) is 0 Å². The molecule has 1 aromatic rings. The van der Waals surface area contributed by atoms with Crippen molar-refractivity contribution >= 4 is 39.5 Å². The van der Waals surface area contributed by atoms with Crippen LogP contribution >= 0.6 is 15.9 Å². The van der Waals surface area contributed by atoms with Gasteiger partial charge >= 0.3 is 11.9 Å². The fourth-order valence-corrected chi connectivity index (χ4v) is 1.90. The van der Waals surface area contributed by atoms with Crippen molar-refractivity contribution in [2.75, 3.05) is 5.73 Å². The number of aliphatic carboxylic acids is 2. The number of carbonyl (C=O) groups excluding carboxylic acids is 1. The minimum absolute atomic E-state index is 0.187. The molecule has 0 fully saturated rings. The zero-order valence-corrected chi connectivity index (χ0v) is 11.9. The molecule has 0 saturated heterocycles. The van der Waals surface area contributed by atoms with Crippen LogP contribution in [0.5, 0.6) is 0 Å². The molecular weight excluding hydrogens is 332 g/mol. The van der Waals surface area contributed by atoms with Crippen LogP contribution in [0.25, 0.3) is 0 Å². The number of nitrogens with one attached hydrogen (secondary N) is 1. The maximum absolute atomic E-state index is 12.0. The van der Waals surface area contributed by atoms with E-state index in [-0.39, 0.29) is 18.4 Å². The second-order valence-electron chi connectivity index (χ2n) is 4.04. The van der Waals surface area contributed by atoms with Crippen molar-refractivity contribution < 1.29 is 24.6 Å². The number of benzene rings is 1. The number of nitrogens with two attached hydrogens (primary N) is 1. The lowest BCUT2D eigenvalue weighted by atomic mass is 10.1. The first-order chi connectivity index (χ1) is 9.31. The molecule has 0 radical (unpaired) electrons. The van der Waals surface area contributed by atoms with Gasteiger partial charge in [-0.15, -0.1) is 0 Å². The molecule has 5 N–H and O–H groups in total.